The minimum Gasteiger partial charge on any atom is -0.334 e. The van der Waals surface area contributed by atoms with Crippen molar-refractivity contribution in [3.63, 3.8) is 0 Å². The van der Waals surface area contributed by atoms with E-state index in [0.29, 0.717) is 24.5 Å². The fraction of sp³-hybridized carbons (Fsp3) is 0.353. The molecule has 3 rings (SSSR count). The Morgan fingerprint density at radius 3 is 2.62 bits per heavy atom. The number of fused-ring (bicyclic) bond motifs is 1. The summed E-state index contributed by atoms with van der Waals surface area (Å²) in [6.45, 7) is 2.55. The fourth-order valence-corrected chi connectivity index (χ4v) is 3.45. The lowest BCUT2D eigenvalue weighted by atomic mass is 10.2. The average Bonchev–Trinajstić information content (AvgIpc) is 3.05. The van der Waals surface area contributed by atoms with Crippen LogP contribution >= 0.6 is 0 Å². The van der Waals surface area contributed by atoms with Gasteiger partial charge in [0.1, 0.15) is 5.75 Å². The second-order valence-corrected chi connectivity index (χ2v) is 8.41. The van der Waals surface area contributed by atoms with E-state index >= 15 is 0 Å². The van der Waals surface area contributed by atoms with Gasteiger partial charge in [-0.3, -0.25) is 14.3 Å². The minimum atomic E-state index is -3.37. The van der Waals surface area contributed by atoms with Crippen LogP contribution in [0.1, 0.15) is 23.1 Å². The summed E-state index contributed by atoms with van der Waals surface area (Å²) in [5.41, 5.74) is 1.64. The van der Waals surface area contributed by atoms with Gasteiger partial charge in [-0.1, -0.05) is 25.1 Å². The Balaban J connectivity index is 1.69. The maximum Gasteiger partial charge on any atom is 0.276 e. The molecule has 2 heterocycles. The van der Waals surface area contributed by atoms with Gasteiger partial charge in [-0.2, -0.15) is 5.10 Å². The predicted octanol–water partition coefficient (Wildman–Crippen LogP) is 0.912. The number of amides is 2. The van der Waals surface area contributed by atoms with Gasteiger partial charge in [0.25, 0.3) is 5.91 Å². The summed E-state index contributed by atoms with van der Waals surface area (Å²) in [6, 6.07) is 10.7. The number of hydrogen-bond acceptors (Lipinski definition) is 5. The molecule has 1 aromatic heterocycles. The molecule has 0 bridgehead atoms. The Morgan fingerprint density at radius 1 is 1.19 bits per heavy atom. The first-order valence-corrected chi connectivity index (χ1v) is 10.1. The van der Waals surface area contributed by atoms with Crippen molar-refractivity contribution in [1.82, 2.24) is 14.7 Å². The number of rotatable bonds is 5. The van der Waals surface area contributed by atoms with Crippen LogP contribution in [-0.4, -0.2) is 53.0 Å². The second kappa shape index (κ2) is 7.28. The summed E-state index contributed by atoms with van der Waals surface area (Å²) in [5, 5.41) is 7.05. The van der Waals surface area contributed by atoms with Crippen molar-refractivity contribution in [1.29, 1.82) is 0 Å². The monoisotopic (exact) mass is 376 g/mol. The van der Waals surface area contributed by atoms with E-state index in [4.69, 9.17) is 0 Å². The Morgan fingerprint density at radius 2 is 1.92 bits per heavy atom. The number of para-hydroxylation sites is 1. The van der Waals surface area contributed by atoms with Crippen molar-refractivity contribution in [2.24, 2.45) is 0 Å². The molecule has 2 amide bonds. The first-order valence-electron chi connectivity index (χ1n) is 8.29. The highest BCUT2D eigenvalue weighted by molar-refractivity contribution is 7.92. The van der Waals surface area contributed by atoms with E-state index in [0.717, 1.165) is 0 Å². The van der Waals surface area contributed by atoms with Crippen molar-refractivity contribution in [3.05, 3.63) is 47.8 Å². The average molecular weight is 376 g/mol. The lowest BCUT2D eigenvalue weighted by molar-refractivity contribution is -0.129. The maximum atomic E-state index is 12.3. The van der Waals surface area contributed by atoms with Crippen molar-refractivity contribution in [2.45, 2.75) is 20.0 Å². The molecule has 138 valence electrons. The van der Waals surface area contributed by atoms with E-state index in [9.17, 15) is 18.0 Å². The zero-order chi connectivity index (χ0) is 18.7. The molecular formula is C17H20N4O4S. The largest absolute Gasteiger partial charge is 0.334 e. The minimum absolute atomic E-state index is 0.0612. The molecule has 1 aliphatic rings. The van der Waals surface area contributed by atoms with Crippen molar-refractivity contribution < 1.29 is 18.0 Å². The number of anilines is 1. The molecule has 1 aromatic carbocycles. The van der Waals surface area contributed by atoms with Crippen LogP contribution in [0.25, 0.3) is 0 Å². The summed E-state index contributed by atoms with van der Waals surface area (Å²) in [6.07, 6.45) is 0. The molecule has 26 heavy (non-hydrogen) atoms. The highest BCUT2D eigenvalue weighted by Gasteiger charge is 2.26. The maximum absolute atomic E-state index is 12.3. The number of carbonyl (C=O) groups excluding carboxylic acids is 2. The van der Waals surface area contributed by atoms with Gasteiger partial charge in [0.05, 0.1) is 18.8 Å². The SMILES string of the molecule is CCS(=O)(=O)CC(=O)N1CCn2nc(C(=O)Nc3ccccc3)cc2C1. The van der Waals surface area contributed by atoms with E-state index in [-0.39, 0.29) is 23.9 Å². The summed E-state index contributed by atoms with van der Waals surface area (Å²) >= 11 is 0. The molecule has 0 spiro atoms. The van der Waals surface area contributed by atoms with Crippen LogP contribution < -0.4 is 5.32 Å². The second-order valence-electron chi connectivity index (χ2n) is 6.06. The topological polar surface area (TPSA) is 101 Å². The van der Waals surface area contributed by atoms with Crippen LogP contribution in [0, 0.1) is 0 Å². The standard InChI is InChI=1S/C17H20N4O4S/c1-2-26(24,25)12-16(22)20-8-9-21-14(11-20)10-15(19-21)17(23)18-13-6-4-3-5-7-13/h3-7,10H,2,8-9,11-12H2,1H3,(H,18,23). The third-order valence-corrected chi connectivity index (χ3v) is 5.76. The van der Waals surface area contributed by atoms with E-state index in [2.05, 4.69) is 10.4 Å². The van der Waals surface area contributed by atoms with Crippen LogP contribution in [0.3, 0.4) is 0 Å². The summed E-state index contributed by atoms with van der Waals surface area (Å²) in [4.78, 5) is 26.0. The fourth-order valence-electron chi connectivity index (χ4n) is 2.69. The quantitative estimate of drug-likeness (QED) is 0.836. The highest BCUT2D eigenvalue weighted by Crippen LogP contribution is 2.16. The third kappa shape index (κ3) is 4.10. The van der Waals surface area contributed by atoms with Crippen molar-refractivity contribution in [3.8, 4) is 0 Å². The van der Waals surface area contributed by atoms with E-state index in [1.165, 1.54) is 11.8 Å². The predicted molar refractivity (Wildman–Crippen MR) is 96.4 cm³/mol. The van der Waals surface area contributed by atoms with E-state index in [1.807, 2.05) is 18.2 Å². The number of nitrogens with zero attached hydrogens (tertiary/aromatic N) is 3. The van der Waals surface area contributed by atoms with Crippen LogP contribution in [0.15, 0.2) is 36.4 Å². The summed E-state index contributed by atoms with van der Waals surface area (Å²) in [7, 11) is -3.37. The number of aromatic nitrogens is 2. The van der Waals surface area contributed by atoms with Gasteiger partial charge in [0.15, 0.2) is 15.5 Å². The zero-order valence-corrected chi connectivity index (χ0v) is 15.2. The van der Waals surface area contributed by atoms with Gasteiger partial charge >= 0.3 is 0 Å². The first-order chi connectivity index (χ1) is 12.4. The first kappa shape index (κ1) is 18.1. The molecule has 9 heteroatoms. The molecule has 8 nitrogen and oxygen atoms in total. The lowest BCUT2D eigenvalue weighted by Crippen LogP contribution is -2.41. The Kier molecular flexibility index (Phi) is 5.08. The number of hydrogen-bond donors (Lipinski definition) is 1. The molecule has 0 saturated heterocycles. The molecule has 0 saturated carbocycles. The lowest BCUT2D eigenvalue weighted by Gasteiger charge is -2.27. The number of carbonyl (C=O) groups is 2. The molecule has 0 fully saturated rings. The Bertz CT molecular complexity index is 921. The molecule has 2 aromatic rings. The van der Waals surface area contributed by atoms with Gasteiger partial charge in [-0.25, -0.2) is 8.42 Å². The number of sulfone groups is 1. The highest BCUT2D eigenvalue weighted by atomic mass is 32.2. The Hall–Kier alpha value is -2.68. The molecule has 1 aliphatic heterocycles. The summed E-state index contributed by atoms with van der Waals surface area (Å²) < 4.78 is 25.0. The van der Waals surface area contributed by atoms with Crippen molar-refractivity contribution in [2.75, 3.05) is 23.4 Å². The van der Waals surface area contributed by atoms with Gasteiger partial charge in [0.2, 0.25) is 5.91 Å². The van der Waals surface area contributed by atoms with E-state index < -0.39 is 21.5 Å². The van der Waals surface area contributed by atoms with Gasteiger partial charge < -0.3 is 10.2 Å². The molecular weight excluding hydrogens is 356 g/mol. The van der Waals surface area contributed by atoms with E-state index in [1.54, 1.807) is 22.9 Å². The molecule has 0 atom stereocenters. The molecule has 0 aliphatic carbocycles. The zero-order valence-electron chi connectivity index (χ0n) is 14.4. The van der Waals surface area contributed by atoms with Crippen LogP contribution in [-0.2, 0) is 27.7 Å². The molecule has 0 radical (unpaired) electrons. The number of nitrogens with one attached hydrogen (secondary N) is 1. The van der Waals surface area contributed by atoms with Crippen molar-refractivity contribution >= 4 is 27.3 Å². The van der Waals surface area contributed by atoms with Gasteiger partial charge in [-0.15, -0.1) is 0 Å². The molecule has 0 unspecified atom stereocenters. The van der Waals surface area contributed by atoms with Crippen LogP contribution in [0.2, 0.25) is 0 Å². The van der Waals surface area contributed by atoms with Crippen LogP contribution in [0.4, 0.5) is 5.69 Å². The van der Waals surface area contributed by atoms with Gasteiger partial charge in [-0.05, 0) is 18.2 Å². The van der Waals surface area contributed by atoms with Crippen LogP contribution in [0.5, 0.6) is 0 Å². The normalized spacial score (nSPS) is 14.0. The summed E-state index contributed by atoms with van der Waals surface area (Å²) in [5.74, 6) is -1.30. The Labute approximate surface area is 151 Å². The third-order valence-electron chi connectivity index (χ3n) is 4.20. The number of benzene rings is 1. The van der Waals surface area contributed by atoms with Gasteiger partial charge in [0, 0.05) is 18.0 Å². The smallest absolute Gasteiger partial charge is 0.276 e. The molecule has 1 N–H and O–H groups in total.